The quantitative estimate of drug-likeness (QED) is 0.663. The molecule has 15 heavy (non-hydrogen) atoms. The molecule has 4 heteroatoms. The molecule has 86 valence electrons. The van der Waals surface area contributed by atoms with Crippen LogP contribution >= 0.6 is 0 Å². The van der Waals surface area contributed by atoms with Crippen molar-refractivity contribution in [2.24, 2.45) is 0 Å². The average molecular weight is 213 g/mol. The number of aliphatic hydroxyl groups excluding tert-OH is 1. The predicted molar refractivity (Wildman–Crippen MR) is 55.5 cm³/mol. The summed E-state index contributed by atoms with van der Waals surface area (Å²) in [5, 5.41) is 9.69. The SMILES string of the molecule is CC(C)(C)OC(=O)N1[C@@H]2CC[C@H]1[C@@H](O)C2. The Labute approximate surface area is 90.2 Å². The number of carbonyl (C=O) groups is 1. The van der Waals surface area contributed by atoms with Gasteiger partial charge in [0.15, 0.2) is 0 Å². The molecule has 0 aromatic heterocycles. The van der Waals surface area contributed by atoms with Gasteiger partial charge in [-0.2, -0.15) is 0 Å². The molecule has 0 radical (unpaired) electrons. The lowest BCUT2D eigenvalue weighted by Gasteiger charge is -2.27. The molecule has 0 aliphatic carbocycles. The van der Waals surface area contributed by atoms with Crippen LogP contribution in [0.1, 0.15) is 40.0 Å². The molecule has 0 aromatic rings. The summed E-state index contributed by atoms with van der Waals surface area (Å²) < 4.78 is 5.33. The molecule has 1 amide bonds. The maximum absolute atomic E-state index is 11.9. The van der Waals surface area contributed by atoms with E-state index in [2.05, 4.69) is 0 Å². The second-order valence-corrected chi connectivity index (χ2v) is 5.49. The molecule has 1 N–H and O–H groups in total. The van der Waals surface area contributed by atoms with Crippen LogP contribution in [-0.2, 0) is 4.74 Å². The summed E-state index contributed by atoms with van der Waals surface area (Å²) in [6.45, 7) is 5.58. The van der Waals surface area contributed by atoms with E-state index in [0.717, 1.165) is 12.8 Å². The smallest absolute Gasteiger partial charge is 0.410 e. The first-order valence-corrected chi connectivity index (χ1v) is 5.58. The second kappa shape index (κ2) is 3.37. The molecule has 2 saturated heterocycles. The zero-order chi connectivity index (χ0) is 11.2. The maximum Gasteiger partial charge on any atom is 0.410 e. The highest BCUT2D eigenvalue weighted by Gasteiger charge is 2.49. The van der Waals surface area contributed by atoms with Crippen molar-refractivity contribution < 1.29 is 14.6 Å². The molecule has 3 atom stereocenters. The standard InChI is InChI=1S/C11H19NO3/c1-11(2,3)15-10(14)12-7-4-5-8(12)9(13)6-7/h7-9,13H,4-6H2,1-3H3/t7-,8+,9+/m1/s1. The third kappa shape index (κ3) is 1.95. The summed E-state index contributed by atoms with van der Waals surface area (Å²) in [5.41, 5.74) is -0.454. The van der Waals surface area contributed by atoms with Gasteiger partial charge in [0.1, 0.15) is 5.60 Å². The molecule has 2 aliphatic rings. The molecule has 4 nitrogen and oxygen atoms in total. The fourth-order valence-electron chi connectivity index (χ4n) is 2.56. The molecule has 0 spiro atoms. The van der Waals surface area contributed by atoms with Crippen LogP contribution in [0.15, 0.2) is 0 Å². The van der Waals surface area contributed by atoms with E-state index in [1.165, 1.54) is 0 Å². The van der Waals surface area contributed by atoms with Gasteiger partial charge in [-0.05, 0) is 40.0 Å². The van der Waals surface area contributed by atoms with Crippen LogP contribution in [0.3, 0.4) is 0 Å². The predicted octanol–water partition coefficient (Wildman–Crippen LogP) is 1.52. The Morgan fingerprint density at radius 2 is 2.07 bits per heavy atom. The lowest BCUT2D eigenvalue weighted by Crippen LogP contribution is -2.41. The van der Waals surface area contributed by atoms with Gasteiger partial charge in [-0.25, -0.2) is 4.79 Å². The van der Waals surface area contributed by atoms with Gasteiger partial charge >= 0.3 is 6.09 Å². The zero-order valence-corrected chi connectivity index (χ0v) is 9.56. The van der Waals surface area contributed by atoms with Gasteiger partial charge in [0.05, 0.1) is 12.1 Å². The highest BCUT2D eigenvalue weighted by Crippen LogP contribution is 2.38. The van der Waals surface area contributed by atoms with Crippen LogP contribution in [0.2, 0.25) is 0 Å². The first-order chi connectivity index (χ1) is 6.88. The lowest BCUT2D eigenvalue weighted by atomic mass is 9.98. The Kier molecular flexibility index (Phi) is 2.41. The molecule has 2 rings (SSSR count). The maximum atomic E-state index is 11.9. The third-order valence-corrected chi connectivity index (χ3v) is 3.11. The first kappa shape index (κ1) is 10.7. The van der Waals surface area contributed by atoms with Gasteiger partial charge in [-0.15, -0.1) is 0 Å². The normalized spacial score (nSPS) is 34.7. The number of ether oxygens (including phenoxy) is 1. The molecular formula is C11H19NO3. The van der Waals surface area contributed by atoms with Gasteiger partial charge in [0, 0.05) is 6.04 Å². The van der Waals surface area contributed by atoms with Crippen molar-refractivity contribution in [1.82, 2.24) is 4.90 Å². The van der Waals surface area contributed by atoms with Gasteiger partial charge in [-0.3, -0.25) is 4.90 Å². The summed E-state index contributed by atoms with van der Waals surface area (Å²) in [4.78, 5) is 13.6. The Bertz CT molecular complexity index is 271. The molecule has 2 bridgehead atoms. The molecule has 0 aromatic carbocycles. The van der Waals surface area contributed by atoms with Crippen molar-refractivity contribution >= 4 is 6.09 Å². The molecule has 2 aliphatic heterocycles. The van der Waals surface area contributed by atoms with Crippen molar-refractivity contribution in [1.29, 1.82) is 0 Å². The van der Waals surface area contributed by atoms with E-state index in [-0.39, 0.29) is 24.3 Å². The molecule has 2 fully saturated rings. The fourth-order valence-corrected chi connectivity index (χ4v) is 2.56. The highest BCUT2D eigenvalue weighted by molar-refractivity contribution is 5.70. The Morgan fingerprint density at radius 3 is 2.47 bits per heavy atom. The summed E-state index contributed by atoms with van der Waals surface area (Å²) in [7, 11) is 0. The van der Waals surface area contributed by atoms with E-state index >= 15 is 0 Å². The van der Waals surface area contributed by atoms with E-state index in [1.807, 2.05) is 20.8 Å². The van der Waals surface area contributed by atoms with Gasteiger partial charge in [0.25, 0.3) is 0 Å². The summed E-state index contributed by atoms with van der Waals surface area (Å²) in [5.74, 6) is 0. The largest absolute Gasteiger partial charge is 0.444 e. The van der Waals surface area contributed by atoms with Crippen LogP contribution in [0.5, 0.6) is 0 Å². The summed E-state index contributed by atoms with van der Waals surface area (Å²) >= 11 is 0. The average Bonchev–Trinajstić information content (AvgIpc) is 2.55. The van der Waals surface area contributed by atoms with Crippen LogP contribution in [-0.4, -0.2) is 39.9 Å². The van der Waals surface area contributed by atoms with E-state index in [9.17, 15) is 9.90 Å². The highest BCUT2D eigenvalue weighted by atomic mass is 16.6. The molecule has 0 unspecified atom stereocenters. The number of aliphatic hydroxyl groups is 1. The van der Waals surface area contributed by atoms with Crippen molar-refractivity contribution in [2.45, 2.75) is 63.8 Å². The number of rotatable bonds is 0. The van der Waals surface area contributed by atoms with Gasteiger partial charge in [0.2, 0.25) is 0 Å². The molecular weight excluding hydrogens is 194 g/mol. The molecule has 2 heterocycles. The topological polar surface area (TPSA) is 49.8 Å². The van der Waals surface area contributed by atoms with Crippen molar-refractivity contribution in [3.8, 4) is 0 Å². The van der Waals surface area contributed by atoms with E-state index in [4.69, 9.17) is 4.74 Å². The fraction of sp³-hybridized carbons (Fsp3) is 0.909. The number of fused-ring (bicyclic) bond motifs is 2. The van der Waals surface area contributed by atoms with Crippen LogP contribution < -0.4 is 0 Å². The van der Waals surface area contributed by atoms with E-state index in [1.54, 1.807) is 4.90 Å². The van der Waals surface area contributed by atoms with E-state index < -0.39 is 5.60 Å². The van der Waals surface area contributed by atoms with Gasteiger partial charge < -0.3 is 9.84 Å². The monoisotopic (exact) mass is 213 g/mol. The van der Waals surface area contributed by atoms with Crippen LogP contribution in [0, 0.1) is 0 Å². The van der Waals surface area contributed by atoms with Crippen molar-refractivity contribution in [2.75, 3.05) is 0 Å². The Hall–Kier alpha value is -0.770. The van der Waals surface area contributed by atoms with E-state index in [0.29, 0.717) is 6.42 Å². The Morgan fingerprint density at radius 1 is 1.40 bits per heavy atom. The number of amides is 1. The van der Waals surface area contributed by atoms with Gasteiger partial charge in [-0.1, -0.05) is 0 Å². The minimum Gasteiger partial charge on any atom is -0.444 e. The minimum atomic E-state index is -0.454. The lowest BCUT2D eigenvalue weighted by molar-refractivity contribution is 0.0170. The van der Waals surface area contributed by atoms with Crippen molar-refractivity contribution in [3.63, 3.8) is 0 Å². The number of hydrogen-bond acceptors (Lipinski definition) is 3. The minimum absolute atomic E-state index is 0.00940. The summed E-state index contributed by atoms with van der Waals surface area (Å²) in [6.07, 6.45) is 2.00. The molecule has 0 saturated carbocycles. The van der Waals surface area contributed by atoms with Crippen LogP contribution in [0.4, 0.5) is 4.79 Å². The second-order valence-electron chi connectivity index (χ2n) is 5.49. The van der Waals surface area contributed by atoms with Crippen LogP contribution in [0.25, 0.3) is 0 Å². The number of nitrogens with zero attached hydrogens (tertiary/aromatic N) is 1. The number of hydrogen-bond donors (Lipinski definition) is 1. The zero-order valence-electron chi connectivity index (χ0n) is 9.56. The first-order valence-electron chi connectivity index (χ1n) is 5.58. The van der Waals surface area contributed by atoms with Crippen molar-refractivity contribution in [3.05, 3.63) is 0 Å². The number of carbonyl (C=O) groups excluding carboxylic acids is 1. The summed E-state index contributed by atoms with van der Waals surface area (Å²) in [6, 6.07) is 0.185. The third-order valence-electron chi connectivity index (χ3n) is 3.11. The Balaban J connectivity index is 2.03.